The molecule has 25 heavy (non-hydrogen) atoms. The lowest BCUT2D eigenvalue weighted by Gasteiger charge is -2.09. The molecule has 0 radical (unpaired) electrons. The molecule has 0 aliphatic heterocycles. The van der Waals surface area contributed by atoms with Crippen molar-refractivity contribution in [3.63, 3.8) is 0 Å². The van der Waals surface area contributed by atoms with Crippen molar-refractivity contribution in [3.8, 4) is 11.1 Å². The van der Waals surface area contributed by atoms with E-state index in [-0.39, 0.29) is 0 Å². The Hall–Kier alpha value is -3.12. The van der Waals surface area contributed by atoms with Gasteiger partial charge in [-0.2, -0.15) is 0 Å². The number of fused-ring (bicyclic) bond motifs is 7. The van der Waals surface area contributed by atoms with Crippen LogP contribution in [0.15, 0.2) is 84.9 Å². The Kier molecular flexibility index (Phi) is 2.48. The number of rotatable bonds is 0. The van der Waals surface area contributed by atoms with E-state index < -0.39 is 0 Å². The molecule has 0 spiro atoms. The van der Waals surface area contributed by atoms with Crippen molar-refractivity contribution >= 4 is 32.3 Å². The zero-order valence-corrected chi connectivity index (χ0v) is 13.8. The SMILES string of the molecule is c1ccc2cc3cc4c(cc3cc2c1)Cc1ccc2ccccc2c1-4. The van der Waals surface area contributed by atoms with Crippen LogP contribution in [0, 0.1) is 0 Å². The molecule has 0 heteroatoms. The van der Waals surface area contributed by atoms with E-state index in [4.69, 9.17) is 0 Å². The van der Waals surface area contributed by atoms with Gasteiger partial charge in [0.25, 0.3) is 0 Å². The molecule has 5 aromatic carbocycles. The van der Waals surface area contributed by atoms with Gasteiger partial charge >= 0.3 is 0 Å². The summed E-state index contributed by atoms with van der Waals surface area (Å²) in [6, 6.07) is 31.4. The van der Waals surface area contributed by atoms with E-state index in [9.17, 15) is 0 Å². The van der Waals surface area contributed by atoms with E-state index in [0.717, 1.165) is 6.42 Å². The smallest absolute Gasteiger partial charge is 0.00130 e. The summed E-state index contributed by atoms with van der Waals surface area (Å²) in [6.45, 7) is 0. The van der Waals surface area contributed by atoms with Gasteiger partial charge in [0.15, 0.2) is 0 Å². The third-order valence-electron chi connectivity index (χ3n) is 5.59. The van der Waals surface area contributed by atoms with E-state index in [1.54, 1.807) is 0 Å². The fourth-order valence-corrected chi connectivity index (χ4v) is 4.41. The van der Waals surface area contributed by atoms with Crippen LogP contribution in [0.4, 0.5) is 0 Å². The zero-order valence-electron chi connectivity index (χ0n) is 13.8. The summed E-state index contributed by atoms with van der Waals surface area (Å²) >= 11 is 0. The average molecular weight is 316 g/mol. The van der Waals surface area contributed by atoms with E-state index in [1.807, 2.05) is 0 Å². The van der Waals surface area contributed by atoms with Crippen molar-refractivity contribution in [2.45, 2.75) is 6.42 Å². The van der Waals surface area contributed by atoms with Gasteiger partial charge in [-0.05, 0) is 79.2 Å². The topological polar surface area (TPSA) is 0 Å². The molecule has 0 unspecified atom stereocenters. The lowest BCUT2D eigenvalue weighted by molar-refractivity contribution is 1.27. The molecule has 0 amide bonds. The summed E-state index contributed by atoms with van der Waals surface area (Å²) in [5.41, 5.74) is 5.75. The summed E-state index contributed by atoms with van der Waals surface area (Å²) in [4.78, 5) is 0. The first-order valence-corrected chi connectivity index (χ1v) is 8.83. The van der Waals surface area contributed by atoms with Gasteiger partial charge in [-0.25, -0.2) is 0 Å². The molecule has 5 aromatic rings. The maximum atomic E-state index is 2.40. The molecule has 0 atom stereocenters. The standard InChI is InChI=1S/C25H16/c1-2-7-18-12-21-15-24-22(14-20(21)11-17(18)6-1)13-19-10-9-16-5-3-4-8-23(16)25(19)24/h1-12,14-15H,13H2. The molecule has 1 aliphatic rings. The molecule has 0 N–H and O–H groups in total. The minimum absolute atomic E-state index is 1.04. The van der Waals surface area contributed by atoms with Gasteiger partial charge in [-0.15, -0.1) is 0 Å². The van der Waals surface area contributed by atoms with E-state index in [2.05, 4.69) is 84.9 Å². The monoisotopic (exact) mass is 316 g/mol. The highest BCUT2D eigenvalue weighted by atomic mass is 14.2. The first-order valence-electron chi connectivity index (χ1n) is 8.83. The molecule has 0 bridgehead atoms. The minimum atomic E-state index is 1.04. The van der Waals surface area contributed by atoms with E-state index in [1.165, 1.54) is 54.6 Å². The Labute approximate surface area is 146 Å². The van der Waals surface area contributed by atoms with Crippen molar-refractivity contribution in [2.24, 2.45) is 0 Å². The predicted molar refractivity (Wildman–Crippen MR) is 107 cm³/mol. The number of hydrogen-bond donors (Lipinski definition) is 0. The van der Waals surface area contributed by atoms with Crippen LogP contribution >= 0.6 is 0 Å². The summed E-state index contributed by atoms with van der Waals surface area (Å²) in [7, 11) is 0. The maximum Gasteiger partial charge on any atom is -0.00130 e. The number of hydrogen-bond acceptors (Lipinski definition) is 0. The van der Waals surface area contributed by atoms with E-state index >= 15 is 0 Å². The van der Waals surface area contributed by atoms with Gasteiger partial charge in [0.05, 0.1) is 0 Å². The quantitative estimate of drug-likeness (QED) is 0.273. The first-order chi connectivity index (χ1) is 12.4. The second-order valence-corrected chi connectivity index (χ2v) is 7.05. The predicted octanol–water partition coefficient (Wildman–Crippen LogP) is 6.72. The van der Waals surface area contributed by atoms with Crippen LogP contribution in [0.1, 0.15) is 11.1 Å². The summed E-state index contributed by atoms with van der Waals surface area (Å²) < 4.78 is 0. The van der Waals surface area contributed by atoms with Gasteiger partial charge < -0.3 is 0 Å². The van der Waals surface area contributed by atoms with Crippen LogP contribution in [0.5, 0.6) is 0 Å². The molecule has 0 fully saturated rings. The molecule has 0 saturated carbocycles. The maximum absolute atomic E-state index is 2.40. The summed E-state index contributed by atoms with van der Waals surface area (Å²) in [5, 5.41) is 8.00. The highest BCUT2D eigenvalue weighted by molar-refractivity contribution is 6.06. The van der Waals surface area contributed by atoms with E-state index in [0.29, 0.717) is 0 Å². The van der Waals surface area contributed by atoms with Crippen molar-refractivity contribution in [3.05, 3.63) is 96.1 Å². The molecule has 6 rings (SSSR count). The van der Waals surface area contributed by atoms with Crippen molar-refractivity contribution in [1.29, 1.82) is 0 Å². The molecule has 116 valence electrons. The third kappa shape index (κ3) is 1.82. The van der Waals surface area contributed by atoms with Gasteiger partial charge in [0.2, 0.25) is 0 Å². The largest absolute Gasteiger partial charge is 0.0616 e. The lowest BCUT2D eigenvalue weighted by atomic mass is 9.95. The molecular weight excluding hydrogens is 300 g/mol. The average Bonchev–Trinajstić information content (AvgIpc) is 3.02. The van der Waals surface area contributed by atoms with Crippen molar-refractivity contribution in [2.75, 3.05) is 0 Å². The van der Waals surface area contributed by atoms with Crippen molar-refractivity contribution < 1.29 is 0 Å². The molecular formula is C25H16. The second-order valence-electron chi connectivity index (χ2n) is 7.05. The Morgan fingerprint density at radius 2 is 1.16 bits per heavy atom. The fourth-order valence-electron chi connectivity index (χ4n) is 4.41. The molecule has 0 aromatic heterocycles. The summed E-state index contributed by atoms with van der Waals surface area (Å²) in [6.07, 6.45) is 1.04. The minimum Gasteiger partial charge on any atom is -0.0616 e. The van der Waals surface area contributed by atoms with Crippen LogP contribution in [0.3, 0.4) is 0 Å². The number of benzene rings is 5. The Morgan fingerprint density at radius 1 is 0.480 bits per heavy atom. The van der Waals surface area contributed by atoms with Gasteiger partial charge in [-0.1, -0.05) is 66.7 Å². The Balaban J connectivity index is 1.71. The second kappa shape index (κ2) is 4.70. The molecule has 0 saturated heterocycles. The Morgan fingerprint density at radius 3 is 1.96 bits per heavy atom. The highest BCUT2D eigenvalue weighted by Crippen LogP contribution is 2.43. The third-order valence-corrected chi connectivity index (χ3v) is 5.59. The molecule has 0 nitrogen and oxygen atoms in total. The van der Waals surface area contributed by atoms with Gasteiger partial charge in [-0.3, -0.25) is 0 Å². The normalized spacial score (nSPS) is 12.6. The van der Waals surface area contributed by atoms with Gasteiger partial charge in [0, 0.05) is 0 Å². The van der Waals surface area contributed by atoms with Crippen LogP contribution in [0.25, 0.3) is 43.4 Å². The van der Waals surface area contributed by atoms with Crippen LogP contribution in [-0.2, 0) is 6.42 Å². The fraction of sp³-hybridized carbons (Fsp3) is 0.0400. The summed E-state index contributed by atoms with van der Waals surface area (Å²) in [5.74, 6) is 0. The lowest BCUT2D eigenvalue weighted by Crippen LogP contribution is -1.83. The Bertz CT molecular complexity index is 1310. The van der Waals surface area contributed by atoms with Gasteiger partial charge in [0.1, 0.15) is 0 Å². The van der Waals surface area contributed by atoms with Crippen LogP contribution < -0.4 is 0 Å². The molecule has 0 heterocycles. The zero-order chi connectivity index (χ0) is 16.4. The molecule has 1 aliphatic carbocycles. The first kappa shape index (κ1) is 13.2. The van der Waals surface area contributed by atoms with Crippen LogP contribution in [0.2, 0.25) is 0 Å². The van der Waals surface area contributed by atoms with Crippen LogP contribution in [-0.4, -0.2) is 0 Å². The highest BCUT2D eigenvalue weighted by Gasteiger charge is 2.21. The van der Waals surface area contributed by atoms with Crippen molar-refractivity contribution in [1.82, 2.24) is 0 Å².